The SMILES string of the molecule is Cc1cc(-c2cnc([C@@H]3CCCN3C(=O)[C@H](NC(=O)O)c3ccccc3)[nH]2)cc2c1-c1cc3cc(-c4cnc(C5CCCN5C(=O)C(NC(=O)O)c5ccccc5)[nH]4)ccc3n1C(C)O2. The Kier molecular flexibility index (Phi) is 10.6. The van der Waals surface area contributed by atoms with Gasteiger partial charge in [-0.05, 0) is 86.6 Å². The molecule has 0 radical (unpaired) electrons. The van der Waals surface area contributed by atoms with E-state index in [1.54, 1.807) is 70.7 Å². The van der Waals surface area contributed by atoms with Gasteiger partial charge in [-0.2, -0.15) is 0 Å². The number of imidazole rings is 2. The van der Waals surface area contributed by atoms with Gasteiger partial charge in [0.1, 0.15) is 29.5 Å². The first-order valence-corrected chi connectivity index (χ1v) is 21.8. The first kappa shape index (κ1) is 41.1. The number of benzene rings is 4. The number of carbonyl (C=O) groups excluding carboxylic acids is 2. The van der Waals surface area contributed by atoms with Crippen LogP contribution >= 0.6 is 0 Å². The molecule has 0 spiro atoms. The van der Waals surface area contributed by atoms with Gasteiger partial charge in [0.05, 0.1) is 47.1 Å². The first-order chi connectivity index (χ1) is 31.5. The summed E-state index contributed by atoms with van der Waals surface area (Å²) in [6.45, 7) is 5.06. The van der Waals surface area contributed by atoms with Crippen LogP contribution in [0.5, 0.6) is 5.75 Å². The number of aromatic nitrogens is 5. The van der Waals surface area contributed by atoms with Crippen LogP contribution in [0.4, 0.5) is 9.59 Å². The third kappa shape index (κ3) is 7.59. The smallest absolute Gasteiger partial charge is 0.405 e. The molecule has 2 saturated heterocycles. The number of carbonyl (C=O) groups is 4. The molecule has 10 rings (SSSR count). The number of ether oxygens (including phenoxy) is 1. The zero-order valence-electron chi connectivity index (χ0n) is 35.7. The van der Waals surface area contributed by atoms with Gasteiger partial charge < -0.3 is 49.9 Å². The van der Waals surface area contributed by atoms with Crippen molar-refractivity contribution in [1.82, 2.24) is 44.9 Å². The van der Waals surface area contributed by atoms with Gasteiger partial charge >= 0.3 is 12.2 Å². The zero-order chi connectivity index (χ0) is 44.9. The minimum Gasteiger partial charge on any atom is -0.470 e. The van der Waals surface area contributed by atoms with E-state index in [-0.39, 0.29) is 30.1 Å². The third-order valence-corrected chi connectivity index (χ3v) is 12.9. The van der Waals surface area contributed by atoms with Crippen molar-refractivity contribution in [3.8, 4) is 39.5 Å². The van der Waals surface area contributed by atoms with Gasteiger partial charge in [0.2, 0.25) is 0 Å². The van der Waals surface area contributed by atoms with Crippen molar-refractivity contribution in [3.63, 3.8) is 0 Å². The van der Waals surface area contributed by atoms with E-state index in [1.165, 1.54) is 0 Å². The summed E-state index contributed by atoms with van der Waals surface area (Å²) >= 11 is 0. The fourth-order valence-electron chi connectivity index (χ4n) is 9.94. The van der Waals surface area contributed by atoms with Crippen LogP contribution in [0.3, 0.4) is 0 Å². The molecule has 330 valence electrons. The monoisotopic (exact) mass is 873 g/mol. The molecule has 4 amide bonds. The number of likely N-dealkylation sites (tertiary alicyclic amines) is 2. The second kappa shape index (κ2) is 16.7. The maximum Gasteiger partial charge on any atom is 0.405 e. The van der Waals surface area contributed by atoms with E-state index in [1.807, 2.05) is 31.2 Å². The summed E-state index contributed by atoms with van der Waals surface area (Å²) in [7, 11) is 0. The Bertz CT molecular complexity index is 2960. The number of amides is 4. The van der Waals surface area contributed by atoms with Crippen molar-refractivity contribution in [2.75, 3.05) is 13.1 Å². The number of aryl methyl sites for hydroxylation is 1. The highest BCUT2D eigenvalue weighted by Gasteiger charge is 2.39. The molecule has 6 heterocycles. The normalized spacial score (nSPS) is 18.7. The van der Waals surface area contributed by atoms with Crippen LogP contribution < -0.4 is 15.4 Å². The van der Waals surface area contributed by atoms with Crippen molar-refractivity contribution in [1.29, 1.82) is 0 Å². The highest BCUT2D eigenvalue weighted by molar-refractivity contribution is 5.93. The van der Waals surface area contributed by atoms with E-state index in [0.29, 0.717) is 48.7 Å². The van der Waals surface area contributed by atoms with Crippen LogP contribution in [0.25, 0.3) is 44.7 Å². The number of carboxylic acid groups (broad SMARTS) is 2. The number of hydrogen-bond acceptors (Lipinski definition) is 7. The number of H-pyrrole nitrogens is 2. The van der Waals surface area contributed by atoms with E-state index in [4.69, 9.17) is 14.7 Å². The van der Waals surface area contributed by atoms with Gasteiger partial charge in [0.15, 0.2) is 6.23 Å². The molecule has 3 aromatic heterocycles. The second-order valence-electron chi connectivity index (χ2n) is 16.9. The van der Waals surface area contributed by atoms with Crippen molar-refractivity contribution in [2.24, 2.45) is 0 Å². The van der Waals surface area contributed by atoms with Crippen LogP contribution in [-0.4, -0.2) is 81.6 Å². The standard InChI is InChI=1S/C49H47N9O7/c1-27-21-32(35-26-51-45(53-35)38-16-10-20-57(38)47(60)43(55-49(63)64)30-13-7-4-8-14-30)24-40-41(27)39-23-33-22-31(17-18-36(33)58(39)28(2)65-40)34-25-50-44(52-34)37-15-9-19-56(37)46(59)42(54-48(61)62)29-11-5-3-6-12-29/h3-8,11-14,17-18,21-26,28,37-38,42-43,54-55H,9-10,15-16,19-20H2,1-2H3,(H,50,52)(H,51,53)(H,61,62)(H,63,64)/t28?,37?,38-,42?,43+/m0/s1. The number of aromatic amines is 2. The molecule has 7 aromatic rings. The Balaban J connectivity index is 0.895. The van der Waals surface area contributed by atoms with E-state index in [2.05, 4.69) is 56.4 Å². The highest BCUT2D eigenvalue weighted by atomic mass is 16.5. The quantitative estimate of drug-likeness (QED) is 0.0775. The molecule has 65 heavy (non-hydrogen) atoms. The maximum atomic E-state index is 13.9. The number of rotatable bonds is 10. The van der Waals surface area contributed by atoms with E-state index in [0.717, 1.165) is 68.8 Å². The average molecular weight is 874 g/mol. The summed E-state index contributed by atoms with van der Waals surface area (Å²) < 4.78 is 8.83. The lowest BCUT2D eigenvalue weighted by Crippen LogP contribution is -2.42. The lowest BCUT2D eigenvalue weighted by molar-refractivity contribution is -0.135. The van der Waals surface area contributed by atoms with Crippen molar-refractivity contribution < 1.29 is 34.1 Å². The molecular weight excluding hydrogens is 827 g/mol. The van der Waals surface area contributed by atoms with Gasteiger partial charge in [-0.15, -0.1) is 0 Å². The fourth-order valence-corrected chi connectivity index (χ4v) is 9.94. The summed E-state index contributed by atoms with van der Waals surface area (Å²) in [4.78, 5) is 71.1. The third-order valence-electron chi connectivity index (χ3n) is 12.9. The van der Waals surface area contributed by atoms with Gasteiger partial charge in [-0.25, -0.2) is 19.6 Å². The second-order valence-corrected chi connectivity index (χ2v) is 16.9. The summed E-state index contributed by atoms with van der Waals surface area (Å²) in [5, 5.41) is 25.0. The number of nitrogens with one attached hydrogen (secondary N) is 4. The molecule has 16 nitrogen and oxygen atoms in total. The molecule has 3 aliphatic rings. The molecule has 4 aromatic carbocycles. The van der Waals surface area contributed by atoms with Gasteiger partial charge in [0, 0.05) is 35.2 Å². The van der Waals surface area contributed by atoms with Gasteiger partial charge in [-0.1, -0.05) is 66.7 Å². The molecule has 16 heteroatoms. The summed E-state index contributed by atoms with van der Waals surface area (Å²) in [5.41, 5.74) is 8.57. The minimum atomic E-state index is -1.27. The molecule has 0 aliphatic carbocycles. The summed E-state index contributed by atoms with van der Waals surface area (Å²) in [6.07, 6.45) is 3.61. The maximum absolute atomic E-state index is 13.9. The Morgan fingerprint density at radius 3 is 1.78 bits per heavy atom. The molecule has 0 saturated carbocycles. The van der Waals surface area contributed by atoms with Crippen molar-refractivity contribution in [2.45, 2.75) is 69.9 Å². The van der Waals surface area contributed by atoms with Gasteiger partial charge in [0.25, 0.3) is 11.8 Å². The van der Waals surface area contributed by atoms with Crippen LogP contribution in [-0.2, 0) is 9.59 Å². The fraction of sp³-hybridized carbons (Fsp3) is 0.265. The molecular formula is C49H47N9O7. The Morgan fingerprint density at radius 2 is 1.25 bits per heavy atom. The van der Waals surface area contributed by atoms with E-state index >= 15 is 0 Å². The predicted molar refractivity (Wildman–Crippen MR) is 241 cm³/mol. The lowest BCUT2D eigenvalue weighted by atomic mass is 9.98. The molecule has 3 aliphatic heterocycles. The van der Waals surface area contributed by atoms with Crippen LogP contribution in [0.1, 0.15) is 91.3 Å². The largest absolute Gasteiger partial charge is 0.470 e. The van der Waals surface area contributed by atoms with Crippen LogP contribution in [0, 0.1) is 6.92 Å². The van der Waals surface area contributed by atoms with E-state index < -0.39 is 24.3 Å². The first-order valence-electron chi connectivity index (χ1n) is 21.8. The number of fused-ring (bicyclic) bond motifs is 5. The summed E-state index contributed by atoms with van der Waals surface area (Å²) in [6, 6.07) is 27.6. The van der Waals surface area contributed by atoms with Gasteiger partial charge in [-0.3, -0.25) is 9.59 Å². The van der Waals surface area contributed by atoms with Crippen molar-refractivity contribution in [3.05, 3.63) is 138 Å². The Morgan fingerprint density at radius 1 is 0.708 bits per heavy atom. The molecule has 3 unspecified atom stereocenters. The minimum absolute atomic E-state index is 0.316. The topological polar surface area (TPSA) is 211 Å². The van der Waals surface area contributed by atoms with E-state index in [9.17, 15) is 29.4 Å². The lowest BCUT2D eigenvalue weighted by Gasteiger charge is -2.29. The van der Waals surface area contributed by atoms with Crippen LogP contribution in [0.2, 0.25) is 0 Å². The average Bonchev–Trinajstić information content (AvgIpc) is 4.16. The van der Waals surface area contributed by atoms with Crippen LogP contribution in [0.15, 0.2) is 109 Å². The zero-order valence-corrected chi connectivity index (χ0v) is 35.7. The van der Waals surface area contributed by atoms with Crippen molar-refractivity contribution >= 4 is 34.9 Å². The Hall–Kier alpha value is -7.88. The highest BCUT2D eigenvalue weighted by Crippen LogP contribution is 2.46. The summed E-state index contributed by atoms with van der Waals surface area (Å²) in [5.74, 6) is 1.39. The molecule has 5 atom stereocenters. The number of nitrogens with zero attached hydrogens (tertiary/aromatic N) is 5. The number of hydrogen-bond donors (Lipinski definition) is 6. The Labute approximate surface area is 373 Å². The molecule has 2 fully saturated rings. The molecule has 0 bridgehead atoms. The predicted octanol–water partition coefficient (Wildman–Crippen LogP) is 8.65. The molecule has 6 N–H and O–H groups in total.